The normalized spacial score (nSPS) is 18.7. The van der Waals surface area contributed by atoms with Gasteiger partial charge in [0.1, 0.15) is 5.75 Å². The molecular formula is C14H11N3O2S. The van der Waals surface area contributed by atoms with Gasteiger partial charge in [-0.3, -0.25) is 4.79 Å². The van der Waals surface area contributed by atoms with Crippen molar-refractivity contribution < 1.29 is 9.90 Å². The number of amides is 1. The summed E-state index contributed by atoms with van der Waals surface area (Å²) in [7, 11) is 0. The summed E-state index contributed by atoms with van der Waals surface area (Å²) in [4.78, 5) is 19.7. The van der Waals surface area contributed by atoms with E-state index in [-0.39, 0.29) is 11.7 Å². The number of aromatic amines is 1. The van der Waals surface area contributed by atoms with Crippen molar-refractivity contribution in [2.45, 2.75) is 0 Å². The summed E-state index contributed by atoms with van der Waals surface area (Å²) in [6.07, 6.45) is 3.57. The Balaban J connectivity index is 1.83. The van der Waals surface area contributed by atoms with E-state index >= 15 is 0 Å². The summed E-state index contributed by atoms with van der Waals surface area (Å²) in [6.45, 7) is 0. The molecule has 0 unspecified atom stereocenters. The molecule has 0 atom stereocenters. The summed E-state index contributed by atoms with van der Waals surface area (Å²) in [6, 6.07) is 10.3. The number of phenolic OH excluding ortho intramolecular Hbond substituents is 1. The number of hydrogen-bond acceptors (Lipinski definition) is 4. The molecule has 0 radical (unpaired) electrons. The number of benzene rings is 1. The summed E-state index contributed by atoms with van der Waals surface area (Å²) >= 11 is 1.27. The van der Waals surface area contributed by atoms with E-state index in [1.165, 1.54) is 17.8 Å². The Morgan fingerprint density at radius 1 is 1.25 bits per heavy atom. The minimum atomic E-state index is -0.177. The van der Waals surface area contributed by atoms with Crippen LogP contribution in [0.15, 0.2) is 52.5 Å². The lowest BCUT2D eigenvalue weighted by Gasteiger charge is -1.96. The summed E-state index contributed by atoms with van der Waals surface area (Å²) < 4.78 is 0. The molecule has 1 amide bonds. The van der Waals surface area contributed by atoms with E-state index in [0.29, 0.717) is 15.8 Å². The lowest BCUT2D eigenvalue weighted by Crippen LogP contribution is -2.19. The van der Waals surface area contributed by atoms with Crippen molar-refractivity contribution in [2.24, 2.45) is 4.99 Å². The molecule has 100 valence electrons. The van der Waals surface area contributed by atoms with Crippen molar-refractivity contribution in [1.29, 1.82) is 0 Å². The topological polar surface area (TPSA) is 77.5 Å². The van der Waals surface area contributed by atoms with Crippen LogP contribution in [0.3, 0.4) is 0 Å². The molecule has 1 aliphatic rings. The molecule has 1 saturated heterocycles. The zero-order valence-electron chi connectivity index (χ0n) is 10.3. The SMILES string of the molecule is O=C1NC(=Nc2cccc(O)c2)S/C1=C\c1ccc[nH]1. The number of aliphatic imine (C=N–C) groups is 1. The van der Waals surface area contributed by atoms with Gasteiger partial charge in [-0.15, -0.1) is 0 Å². The highest BCUT2D eigenvalue weighted by Crippen LogP contribution is 2.28. The number of carbonyl (C=O) groups excluding carboxylic acids is 1. The molecule has 2 heterocycles. The molecule has 1 aromatic carbocycles. The predicted octanol–water partition coefficient (Wildman–Crippen LogP) is 2.61. The molecule has 20 heavy (non-hydrogen) atoms. The maximum atomic E-state index is 11.8. The van der Waals surface area contributed by atoms with Crippen molar-refractivity contribution in [3.8, 4) is 5.75 Å². The van der Waals surface area contributed by atoms with Crippen molar-refractivity contribution in [1.82, 2.24) is 10.3 Å². The van der Waals surface area contributed by atoms with E-state index in [4.69, 9.17) is 0 Å². The van der Waals surface area contributed by atoms with Gasteiger partial charge in [-0.2, -0.15) is 0 Å². The highest BCUT2D eigenvalue weighted by Gasteiger charge is 2.23. The van der Waals surface area contributed by atoms with E-state index < -0.39 is 0 Å². The lowest BCUT2D eigenvalue weighted by molar-refractivity contribution is -0.115. The second kappa shape index (κ2) is 5.26. The smallest absolute Gasteiger partial charge is 0.264 e. The van der Waals surface area contributed by atoms with E-state index in [2.05, 4.69) is 15.3 Å². The number of nitrogens with one attached hydrogen (secondary N) is 2. The maximum absolute atomic E-state index is 11.8. The Labute approximate surface area is 119 Å². The third-order valence-electron chi connectivity index (χ3n) is 2.62. The Kier molecular flexibility index (Phi) is 3.30. The molecular weight excluding hydrogens is 274 g/mol. The lowest BCUT2D eigenvalue weighted by atomic mass is 10.3. The quantitative estimate of drug-likeness (QED) is 0.742. The molecule has 0 bridgehead atoms. The standard InChI is InChI=1S/C14H11N3O2S/c18-11-5-1-3-10(7-11)16-14-17-13(19)12(20-14)8-9-4-2-6-15-9/h1-8,15,18H,(H,16,17,19)/b12-8-. The first-order valence-corrected chi connectivity index (χ1v) is 6.74. The highest BCUT2D eigenvalue weighted by atomic mass is 32.2. The fraction of sp³-hybridized carbons (Fsp3) is 0. The molecule has 5 nitrogen and oxygen atoms in total. The number of nitrogens with zero attached hydrogens (tertiary/aromatic N) is 1. The van der Waals surface area contributed by atoms with Crippen LogP contribution in [0.25, 0.3) is 6.08 Å². The first kappa shape index (κ1) is 12.6. The number of aromatic hydroxyl groups is 1. The number of aromatic nitrogens is 1. The average Bonchev–Trinajstić information content (AvgIpc) is 3.01. The van der Waals surface area contributed by atoms with Crippen molar-refractivity contribution in [3.05, 3.63) is 53.2 Å². The first-order chi connectivity index (χ1) is 9.70. The number of phenols is 1. The predicted molar refractivity (Wildman–Crippen MR) is 79.7 cm³/mol. The molecule has 0 aliphatic carbocycles. The molecule has 1 aliphatic heterocycles. The average molecular weight is 285 g/mol. The van der Waals surface area contributed by atoms with Gasteiger partial charge in [-0.05, 0) is 42.1 Å². The van der Waals surface area contributed by atoms with Gasteiger partial charge >= 0.3 is 0 Å². The Morgan fingerprint density at radius 3 is 2.90 bits per heavy atom. The number of carbonyl (C=O) groups is 1. The second-order valence-electron chi connectivity index (χ2n) is 4.13. The van der Waals surface area contributed by atoms with Gasteiger partial charge in [0.25, 0.3) is 5.91 Å². The van der Waals surface area contributed by atoms with Crippen LogP contribution in [-0.4, -0.2) is 21.2 Å². The third-order valence-corrected chi connectivity index (χ3v) is 3.53. The van der Waals surface area contributed by atoms with Crippen LogP contribution < -0.4 is 5.32 Å². The highest BCUT2D eigenvalue weighted by molar-refractivity contribution is 8.18. The number of hydrogen-bond donors (Lipinski definition) is 3. The van der Waals surface area contributed by atoms with E-state index in [1.54, 1.807) is 30.5 Å². The monoisotopic (exact) mass is 285 g/mol. The fourth-order valence-electron chi connectivity index (χ4n) is 1.74. The first-order valence-electron chi connectivity index (χ1n) is 5.93. The second-order valence-corrected chi connectivity index (χ2v) is 5.16. The minimum Gasteiger partial charge on any atom is -0.508 e. The van der Waals surface area contributed by atoms with Gasteiger partial charge in [0, 0.05) is 18.0 Å². The molecule has 0 saturated carbocycles. The van der Waals surface area contributed by atoms with E-state index in [9.17, 15) is 9.90 Å². The molecule has 1 aromatic heterocycles. The Morgan fingerprint density at radius 2 is 2.15 bits per heavy atom. The van der Waals surface area contributed by atoms with Gasteiger partial charge < -0.3 is 15.4 Å². The zero-order valence-corrected chi connectivity index (χ0v) is 11.1. The number of rotatable bonds is 2. The summed E-state index contributed by atoms with van der Waals surface area (Å²) in [5.41, 5.74) is 1.45. The van der Waals surface area contributed by atoms with Gasteiger partial charge in [-0.25, -0.2) is 4.99 Å². The summed E-state index contributed by atoms with van der Waals surface area (Å²) in [5, 5.41) is 12.6. The fourth-order valence-corrected chi connectivity index (χ4v) is 2.57. The van der Waals surface area contributed by atoms with Gasteiger partial charge in [-0.1, -0.05) is 6.07 Å². The van der Waals surface area contributed by atoms with Gasteiger partial charge in [0.15, 0.2) is 5.17 Å². The van der Waals surface area contributed by atoms with Crippen molar-refractivity contribution >= 4 is 34.6 Å². The van der Waals surface area contributed by atoms with E-state index in [1.807, 2.05) is 12.1 Å². The number of H-pyrrole nitrogens is 1. The van der Waals surface area contributed by atoms with Gasteiger partial charge in [0.2, 0.25) is 0 Å². The number of amidine groups is 1. The molecule has 0 spiro atoms. The van der Waals surface area contributed by atoms with Crippen molar-refractivity contribution in [2.75, 3.05) is 0 Å². The van der Waals surface area contributed by atoms with Crippen LogP contribution >= 0.6 is 11.8 Å². The third kappa shape index (κ3) is 2.75. The summed E-state index contributed by atoms with van der Waals surface area (Å²) in [5.74, 6) is -0.0353. The molecule has 3 N–H and O–H groups in total. The zero-order chi connectivity index (χ0) is 13.9. The minimum absolute atomic E-state index is 0.142. The van der Waals surface area contributed by atoms with Gasteiger partial charge in [0.05, 0.1) is 10.6 Å². The molecule has 1 fully saturated rings. The van der Waals surface area contributed by atoms with Crippen LogP contribution in [-0.2, 0) is 4.79 Å². The largest absolute Gasteiger partial charge is 0.508 e. The number of thioether (sulfide) groups is 1. The molecule has 6 heteroatoms. The molecule has 2 aromatic rings. The van der Waals surface area contributed by atoms with Crippen LogP contribution in [0, 0.1) is 0 Å². The van der Waals surface area contributed by atoms with Crippen LogP contribution in [0.4, 0.5) is 5.69 Å². The van der Waals surface area contributed by atoms with E-state index in [0.717, 1.165) is 5.69 Å². The van der Waals surface area contributed by atoms with Crippen LogP contribution in [0.5, 0.6) is 5.75 Å². The van der Waals surface area contributed by atoms with Crippen LogP contribution in [0.1, 0.15) is 5.69 Å². The van der Waals surface area contributed by atoms with Crippen molar-refractivity contribution in [3.63, 3.8) is 0 Å². The molecule has 3 rings (SSSR count). The Hall–Kier alpha value is -2.47. The van der Waals surface area contributed by atoms with Crippen LogP contribution in [0.2, 0.25) is 0 Å². The Bertz CT molecular complexity index is 705. The maximum Gasteiger partial charge on any atom is 0.264 e.